The average molecular weight is 290 g/mol. The highest BCUT2D eigenvalue weighted by molar-refractivity contribution is 7.91. The van der Waals surface area contributed by atoms with Gasteiger partial charge in [0.2, 0.25) is 11.8 Å². The molecule has 0 spiro atoms. The van der Waals surface area contributed by atoms with Crippen molar-refractivity contribution in [2.75, 3.05) is 24.6 Å². The molecule has 0 aromatic rings. The zero-order valence-electron chi connectivity index (χ0n) is 11.7. The van der Waals surface area contributed by atoms with Gasteiger partial charge in [0.15, 0.2) is 9.84 Å². The molecule has 2 amide bonds. The second kappa shape index (κ2) is 6.36. The molecule has 0 aromatic carbocycles. The quantitative estimate of drug-likeness (QED) is 0.777. The lowest BCUT2D eigenvalue weighted by molar-refractivity contribution is -0.135. The fraction of sp³-hybridized carbons (Fsp3) is 0.833. The SMILES string of the molecule is CC(C)CC(=O)NC(C)C(=O)N1CCS(=O)(=O)CC1. The number of sulfone groups is 1. The van der Waals surface area contributed by atoms with E-state index in [4.69, 9.17) is 0 Å². The zero-order valence-corrected chi connectivity index (χ0v) is 12.5. The summed E-state index contributed by atoms with van der Waals surface area (Å²) in [5.41, 5.74) is 0. The predicted octanol–water partition coefficient (Wildman–Crippen LogP) is -0.206. The monoisotopic (exact) mass is 290 g/mol. The van der Waals surface area contributed by atoms with Crippen molar-refractivity contribution in [1.82, 2.24) is 10.2 Å². The van der Waals surface area contributed by atoms with Crippen molar-refractivity contribution in [2.24, 2.45) is 5.92 Å². The molecule has 0 radical (unpaired) electrons. The van der Waals surface area contributed by atoms with Gasteiger partial charge in [-0.15, -0.1) is 0 Å². The molecule has 110 valence electrons. The van der Waals surface area contributed by atoms with Crippen LogP contribution in [0.5, 0.6) is 0 Å². The van der Waals surface area contributed by atoms with Crippen LogP contribution in [0.15, 0.2) is 0 Å². The van der Waals surface area contributed by atoms with Gasteiger partial charge in [0.1, 0.15) is 6.04 Å². The summed E-state index contributed by atoms with van der Waals surface area (Å²) < 4.78 is 22.6. The van der Waals surface area contributed by atoms with Gasteiger partial charge in [0, 0.05) is 19.5 Å². The van der Waals surface area contributed by atoms with Crippen LogP contribution < -0.4 is 5.32 Å². The van der Waals surface area contributed by atoms with Crippen molar-refractivity contribution in [2.45, 2.75) is 33.2 Å². The molecule has 1 saturated heterocycles. The Hall–Kier alpha value is -1.11. The lowest BCUT2D eigenvalue weighted by Crippen LogP contribution is -2.51. The summed E-state index contributed by atoms with van der Waals surface area (Å²) in [5, 5.41) is 2.65. The van der Waals surface area contributed by atoms with E-state index in [1.54, 1.807) is 6.92 Å². The molecule has 19 heavy (non-hydrogen) atoms. The normalized spacial score (nSPS) is 20.1. The summed E-state index contributed by atoms with van der Waals surface area (Å²) in [7, 11) is -3.00. The Morgan fingerprint density at radius 1 is 1.16 bits per heavy atom. The minimum atomic E-state index is -3.00. The molecule has 1 aliphatic heterocycles. The van der Waals surface area contributed by atoms with Crippen LogP contribution in [0.25, 0.3) is 0 Å². The Morgan fingerprint density at radius 3 is 2.16 bits per heavy atom. The molecule has 6 nitrogen and oxygen atoms in total. The second-order valence-electron chi connectivity index (χ2n) is 5.36. The van der Waals surface area contributed by atoms with Crippen molar-refractivity contribution in [3.8, 4) is 0 Å². The van der Waals surface area contributed by atoms with Crippen LogP contribution in [0.4, 0.5) is 0 Å². The first kappa shape index (κ1) is 15.9. The Bertz CT molecular complexity index is 431. The number of carbonyl (C=O) groups excluding carboxylic acids is 2. The number of hydrogen-bond donors (Lipinski definition) is 1. The molecule has 1 aliphatic rings. The van der Waals surface area contributed by atoms with Crippen LogP contribution in [-0.2, 0) is 19.4 Å². The number of hydrogen-bond acceptors (Lipinski definition) is 4. The van der Waals surface area contributed by atoms with Gasteiger partial charge in [-0.3, -0.25) is 9.59 Å². The third-order valence-electron chi connectivity index (χ3n) is 3.00. The Kier molecular flexibility index (Phi) is 5.34. The molecule has 0 aromatic heterocycles. The van der Waals surface area contributed by atoms with E-state index in [9.17, 15) is 18.0 Å². The zero-order chi connectivity index (χ0) is 14.6. The maximum atomic E-state index is 12.0. The summed E-state index contributed by atoms with van der Waals surface area (Å²) >= 11 is 0. The third kappa shape index (κ3) is 5.18. The van der Waals surface area contributed by atoms with E-state index >= 15 is 0 Å². The molecular formula is C12H22N2O4S. The average Bonchev–Trinajstić information content (AvgIpc) is 2.26. The van der Waals surface area contributed by atoms with E-state index in [1.807, 2.05) is 13.8 Å². The summed E-state index contributed by atoms with van der Waals surface area (Å²) in [4.78, 5) is 25.1. The first-order chi connectivity index (χ1) is 8.71. The number of carbonyl (C=O) groups is 2. The van der Waals surface area contributed by atoms with Crippen molar-refractivity contribution in [3.05, 3.63) is 0 Å². The van der Waals surface area contributed by atoms with Gasteiger partial charge in [-0.05, 0) is 12.8 Å². The van der Waals surface area contributed by atoms with Crippen LogP contribution in [-0.4, -0.2) is 55.8 Å². The van der Waals surface area contributed by atoms with Gasteiger partial charge in [-0.25, -0.2) is 8.42 Å². The van der Waals surface area contributed by atoms with Gasteiger partial charge in [0.05, 0.1) is 11.5 Å². The molecule has 1 rings (SSSR count). The summed E-state index contributed by atoms with van der Waals surface area (Å²) in [6.07, 6.45) is 0.381. The maximum Gasteiger partial charge on any atom is 0.244 e. The topological polar surface area (TPSA) is 83.6 Å². The van der Waals surface area contributed by atoms with E-state index in [1.165, 1.54) is 4.90 Å². The van der Waals surface area contributed by atoms with Crippen LogP contribution >= 0.6 is 0 Å². The number of nitrogens with one attached hydrogen (secondary N) is 1. The molecule has 1 N–H and O–H groups in total. The number of rotatable bonds is 4. The third-order valence-corrected chi connectivity index (χ3v) is 4.61. The lowest BCUT2D eigenvalue weighted by atomic mass is 10.1. The fourth-order valence-electron chi connectivity index (χ4n) is 1.94. The molecule has 0 bridgehead atoms. The summed E-state index contributed by atoms with van der Waals surface area (Å²) in [6, 6.07) is -0.605. The lowest BCUT2D eigenvalue weighted by Gasteiger charge is -2.29. The van der Waals surface area contributed by atoms with Gasteiger partial charge in [-0.2, -0.15) is 0 Å². The molecule has 1 unspecified atom stereocenters. The maximum absolute atomic E-state index is 12.0. The molecule has 1 atom stereocenters. The van der Waals surface area contributed by atoms with E-state index in [-0.39, 0.29) is 42.3 Å². The first-order valence-electron chi connectivity index (χ1n) is 6.50. The van der Waals surface area contributed by atoms with E-state index in [0.29, 0.717) is 6.42 Å². The standard InChI is InChI=1S/C12H22N2O4S/c1-9(2)8-11(15)13-10(3)12(16)14-4-6-19(17,18)7-5-14/h9-10H,4-8H2,1-3H3,(H,13,15). The smallest absolute Gasteiger partial charge is 0.244 e. The van der Waals surface area contributed by atoms with Crippen LogP contribution in [0, 0.1) is 5.92 Å². The highest BCUT2D eigenvalue weighted by Crippen LogP contribution is 2.06. The number of nitrogens with zero attached hydrogens (tertiary/aromatic N) is 1. The molecule has 1 heterocycles. The van der Waals surface area contributed by atoms with E-state index < -0.39 is 15.9 Å². The Morgan fingerprint density at radius 2 is 1.68 bits per heavy atom. The highest BCUT2D eigenvalue weighted by Gasteiger charge is 2.28. The van der Waals surface area contributed by atoms with Gasteiger partial charge < -0.3 is 10.2 Å². The first-order valence-corrected chi connectivity index (χ1v) is 8.32. The van der Waals surface area contributed by atoms with Crippen molar-refractivity contribution in [1.29, 1.82) is 0 Å². The largest absolute Gasteiger partial charge is 0.345 e. The molecule has 7 heteroatoms. The minimum absolute atomic E-state index is 0.00536. The van der Waals surface area contributed by atoms with Gasteiger partial charge in [0.25, 0.3) is 0 Å². The Labute approximate surface area is 114 Å². The summed E-state index contributed by atoms with van der Waals surface area (Å²) in [5.74, 6) is -0.119. The Balaban J connectivity index is 2.47. The van der Waals surface area contributed by atoms with Crippen LogP contribution in [0.3, 0.4) is 0 Å². The second-order valence-corrected chi connectivity index (χ2v) is 7.67. The highest BCUT2D eigenvalue weighted by atomic mass is 32.2. The van der Waals surface area contributed by atoms with E-state index in [0.717, 1.165) is 0 Å². The molecular weight excluding hydrogens is 268 g/mol. The fourth-order valence-corrected chi connectivity index (χ4v) is 3.14. The van der Waals surface area contributed by atoms with Crippen molar-refractivity contribution in [3.63, 3.8) is 0 Å². The van der Waals surface area contributed by atoms with Gasteiger partial charge in [-0.1, -0.05) is 13.8 Å². The van der Waals surface area contributed by atoms with Crippen LogP contribution in [0.2, 0.25) is 0 Å². The van der Waals surface area contributed by atoms with Crippen molar-refractivity contribution < 1.29 is 18.0 Å². The van der Waals surface area contributed by atoms with Crippen molar-refractivity contribution >= 4 is 21.7 Å². The molecule has 0 aliphatic carbocycles. The van der Waals surface area contributed by atoms with Crippen LogP contribution in [0.1, 0.15) is 27.2 Å². The van der Waals surface area contributed by atoms with Gasteiger partial charge >= 0.3 is 0 Å². The number of amides is 2. The van der Waals surface area contributed by atoms with E-state index in [2.05, 4.69) is 5.32 Å². The predicted molar refractivity (Wildman–Crippen MR) is 72.3 cm³/mol. The molecule has 1 fully saturated rings. The summed E-state index contributed by atoms with van der Waals surface area (Å²) in [6.45, 7) is 5.92. The molecule has 0 saturated carbocycles. The minimum Gasteiger partial charge on any atom is -0.345 e.